The molecule has 0 amide bonds. The van der Waals surface area contributed by atoms with Crippen molar-refractivity contribution in [2.24, 2.45) is 0 Å². The molecule has 0 aromatic heterocycles. The summed E-state index contributed by atoms with van der Waals surface area (Å²) in [6.07, 6.45) is 2.51. The van der Waals surface area contributed by atoms with Gasteiger partial charge in [-0.1, -0.05) is 48.0 Å². The van der Waals surface area contributed by atoms with E-state index < -0.39 is 10.0 Å². The SMILES string of the molecule is Cc1ccc(S(=O)(=O)N2C[C@]3(CC[C@@H]2Cc2ccccc2)CO3)cc1. The third-order valence-electron chi connectivity index (χ3n) is 5.28. The minimum Gasteiger partial charge on any atom is -0.368 e. The van der Waals surface area contributed by atoms with Crippen molar-refractivity contribution in [3.8, 4) is 0 Å². The Balaban J connectivity index is 1.65. The fourth-order valence-electron chi connectivity index (χ4n) is 3.62. The van der Waals surface area contributed by atoms with Crippen LogP contribution in [0.25, 0.3) is 0 Å². The fourth-order valence-corrected chi connectivity index (χ4v) is 5.35. The molecule has 5 heteroatoms. The van der Waals surface area contributed by atoms with Gasteiger partial charge in [0.2, 0.25) is 10.0 Å². The molecular weight excluding hydrogens is 334 g/mol. The van der Waals surface area contributed by atoms with Gasteiger partial charge in [-0.15, -0.1) is 0 Å². The van der Waals surface area contributed by atoms with Gasteiger partial charge >= 0.3 is 0 Å². The summed E-state index contributed by atoms with van der Waals surface area (Å²) in [7, 11) is -3.53. The Morgan fingerprint density at radius 3 is 2.44 bits per heavy atom. The molecule has 0 bridgehead atoms. The monoisotopic (exact) mass is 357 g/mol. The van der Waals surface area contributed by atoms with E-state index in [0.717, 1.165) is 24.8 Å². The molecule has 2 heterocycles. The Morgan fingerprint density at radius 1 is 1.12 bits per heavy atom. The number of piperidine rings is 1. The minimum absolute atomic E-state index is 0.0245. The van der Waals surface area contributed by atoms with Crippen molar-refractivity contribution in [2.75, 3.05) is 13.2 Å². The molecule has 0 unspecified atom stereocenters. The van der Waals surface area contributed by atoms with Crippen LogP contribution < -0.4 is 0 Å². The van der Waals surface area contributed by atoms with Gasteiger partial charge in [0.25, 0.3) is 0 Å². The maximum Gasteiger partial charge on any atom is 0.243 e. The first kappa shape index (κ1) is 16.8. The molecule has 4 nitrogen and oxygen atoms in total. The van der Waals surface area contributed by atoms with Crippen LogP contribution in [0.5, 0.6) is 0 Å². The zero-order valence-electron chi connectivity index (χ0n) is 14.4. The van der Waals surface area contributed by atoms with E-state index >= 15 is 0 Å². The molecule has 2 aliphatic rings. The molecule has 25 heavy (non-hydrogen) atoms. The molecule has 4 rings (SSSR count). The first-order chi connectivity index (χ1) is 12.0. The number of epoxide rings is 1. The van der Waals surface area contributed by atoms with Gasteiger partial charge in [0.15, 0.2) is 0 Å². The molecule has 2 aliphatic heterocycles. The van der Waals surface area contributed by atoms with Crippen molar-refractivity contribution in [3.05, 3.63) is 65.7 Å². The highest BCUT2D eigenvalue weighted by Crippen LogP contribution is 2.41. The molecule has 0 aliphatic carbocycles. The molecule has 2 fully saturated rings. The number of ether oxygens (including phenoxy) is 1. The summed E-state index contributed by atoms with van der Waals surface area (Å²) in [4.78, 5) is 0.369. The van der Waals surface area contributed by atoms with Gasteiger partial charge in [-0.2, -0.15) is 4.31 Å². The van der Waals surface area contributed by atoms with Crippen LogP contribution in [0.1, 0.15) is 24.0 Å². The predicted molar refractivity (Wildman–Crippen MR) is 96.9 cm³/mol. The van der Waals surface area contributed by atoms with E-state index in [2.05, 4.69) is 12.1 Å². The molecule has 2 aromatic rings. The van der Waals surface area contributed by atoms with Crippen molar-refractivity contribution in [3.63, 3.8) is 0 Å². The van der Waals surface area contributed by atoms with Gasteiger partial charge in [-0.3, -0.25) is 0 Å². The molecule has 2 aromatic carbocycles. The van der Waals surface area contributed by atoms with Crippen LogP contribution in [0, 0.1) is 6.92 Å². The lowest BCUT2D eigenvalue weighted by molar-refractivity contribution is 0.149. The first-order valence-corrected chi connectivity index (χ1v) is 10.2. The van der Waals surface area contributed by atoms with Crippen LogP contribution in [0.15, 0.2) is 59.5 Å². The number of hydrogen-bond donors (Lipinski definition) is 0. The summed E-state index contributed by atoms with van der Waals surface area (Å²) in [6, 6.07) is 17.2. The van der Waals surface area contributed by atoms with Crippen molar-refractivity contribution in [1.82, 2.24) is 4.31 Å². The van der Waals surface area contributed by atoms with Gasteiger partial charge in [-0.05, 0) is 43.9 Å². The Bertz CT molecular complexity index is 842. The second kappa shape index (κ2) is 6.24. The highest BCUT2D eigenvalue weighted by Gasteiger charge is 2.52. The number of aryl methyl sites for hydroxylation is 1. The molecule has 0 radical (unpaired) electrons. The number of benzene rings is 2. The van der Waals surface area contributed by atoms with E-state index in [9.17, 15) is 8.42 Å². The van der Waals surface area contributed by atoms with Gasteiger partial charge in [0, 0.05) is 12.6 Å². The summed E-state index contributed by atoms with van der Waals surface area (Å²) in [5.74, 6) is 0. The molecule has 0 saturated carbocycles. The fraction of sp³-hybridized carbons (Fsp3) is 0.400. The average molecular weight is 357 g/mol. The molecule has 2 saturated heterocycles. The van der Waals surface area contributed by atoms with E-state index in [-0.39, 0.29) is 11.6 Å². The summed E-state index contributed by atoms with van der Waals surface area (Å²) in [6.45, 7) is 3.09. The normalized spacial score (nSPS) is 26.7. The quantitative estimate of drug-likeness (QED) is 0.790. The van der Waals surface area contributed by atoms with Crippen LogP contribution in [-0.2, 0) is 21.2 Å². The second-order valence-electron chi connectivity index (χ2n) is 7.22. The second-order valence-corrected chi connectivity index (χ2v) is 9.11. The van der Waals surface area contributed by atoms with E-state index in [1.54, 1.807) is 16.4 Å². The van der Waals surface area contributed by atoms with Crippen LogP contribution in [0.2, 0.25) is 0 Å². The Kier molecular flexibility index (Phi) is 4.18. The lowest BCUT2D eigenvalue weighted by Gasteiger charge is -2.37. The molecule has 2 atom stereocenters. The summed E-state index contributed by atoms with van der Waals surface area (Å²) < 4.78 is 33.9. The third-order valence-corrected chi connectivity index (χ3v) is 7.19. The number of rotatable bonds is 4. The summed E-state index contributed by atoms with van der Waals surface area (Å²) >= 11 is 0. The lowest BCUT2D eigenvalue weighted by atomic mass is 9.91. The number of nitrogens with zero attached hydrogens (tertiary/aromatic N) is 1. The predicted octanol–water partition coefficient (Wildman–Crippen LogP) is 3.16. The highest BCUT2D eigenvalue weighted by molar-refractivity contribution is 7.89. The molecular formula is C20H23NO3S. The zero-order chi connectivity index (χ0) is 17.5. The largest absolute Gasteiger partial charge is 0.368 e. The van der Waals surface area contributed by atoms with Crippen LogP contribution in [0.3, 0.4) is 0 Å². The minimum atomic E-state index is -3.53. The maximum atomic E-state index is 13.3. The Hall–Kier alpha value is -1.69. The van der Waals surface area contributed by atoms with Crippen LogP contribution in [0.4, 0.5) is 0 Å². The van der Waals surface area contributed by atoms with E-state index in [4.69, 9.17) is 4.74 Å². The van der Waals surface area contributed by atoms with Crippen molar-refractivity contribution >= 4 is 10.0 Å². The van der Waals surface area contributed by atoms with E-state index in [0.29, 0.717) is 18.0 Å². The summed E-state index contributed by atoms with van der Waals surface area (Å²) in [5, 5.41) is 0. The molecule has 1 spiro atoms. The van der Waals surface area contributed by atoms with Gasteiger partial charge in [0.05, 0.1) is 11.5 Å². The van der Waals surface area contributed by atoms with Gasteiger partial charge in [0.1, 0.15) is 5.60 Å². The Labute approximate surface area is 149 Å². The van der Waals surface area contributed by atoms with Crippen molar-refractivity contribution in [1.29, 1.82) is 0 Å². The van der Waals surface area contributed by atoms with Crippen molar-refractivity contribution in [2.45, 2.75) is 42.7 Å². The molecule has 132 valence electrons. The molecule has 0 N–H and O–H groups in total. The van der Waals surface area contributed by atoms with E-state index in [1.807, 2.05) is 37.3 Å². The maximum absolute atomic E-state index is 13.3. The number of sulfonamides is 1. The average Bonchev–Trinajstić information content (AvgIpc) is 3.37. The number of hydrogen-bond acceptors (Lipinski definition) is 3. The summed E-state index contributed by atoms with van der Waals surface area (Å²) in [5.41, 5.74) is 1.98. The van der Waals surface area contributed by atoms with Crippen LogP contribution in [-0.4, -0.2) is 37.5 Å². The Morgan fingerprint density at radius 2 is 1.80 bits per heavy atom. The lowest BCUT2D eigenvalue weighted by Crippen LogP contribution is -2.51. The van der Waals surface area contributed by atoms with E-state index in [1.165, 1.54) is 5.56 Å². The third kappa shape index (κ3) is 3.36. The zero-order valence-corrected chi connectivity index (χ0v) is 15.2. The van der Waals surface area contributed by atoms with Crippen LogP contribution >= 0.6 is 0 Å². The first-order valence-electron chi connectivity index (χ1n) is 8.75. The topological polar surface area (TPSA) is 49.9 Å². The smallest absolute Gasteiger partial charge is 0.243 e. The highest BCUT2D eigenvalue weighted by atomic mass is 32.2. The van der Waals surface area contributed by atoms with Gasteiger partial charge < -0.3 is 4.74 Å². The van der Waals surface area contributed by atoms with Crippen molar-refractivity contribution < 1.29 is 13.2 Å². The van der Waals surface area contributed by atoms with Gasteiger partial charge in [-0.25, -0.2) is 8.42 Å². The standard InChI is InChI=1S/C20H23NO3S/c1-16-7-9-19(10-8-16)25(22,23)21-14-20(15-24-20)12-11-18(21)13-17-5-3-2-4-6-17/h2-10,18H,11-15H2,1H3/t18-,20-/m1/s1.